The number of sulfonamides is 1. The number of rotatable bonds is 7. The Morgan fingerprint density at radius 1 is 1.21 bits per heavy atom. The Bertz CT molecular complexity index is 827. The number of aryl methyl sites for hydroxylation is 1. The molecule has 2 aromatic rings. The van der Waals surface area contributed by atoms with E-state index >= 15 is 0 Å². The van der Waals surface area contributed by atoms with Crippen LogP contribution in [0.25, 0.3) is 0 Å². The lowest BCUT2D eigenvalue weighted by atomic mass is 10.2. The van der Waals surface area contributed by atoms with Crippen molar-refractivity contribution >= 4 is 21.6 Å². The Balaban J connectivity index is 1.95. The molecule has 0 fully saturated rings. The fourth-order valence-corrected chi connectivity index (χ4v) is 3.52. The molecule has 8 heteroatoms. The Kier molecular flexibility index (Phi) is 6.04. The monoisotopic (exact) mass is 373 g/mol. The van der Waals surface area contributed by atoms with E-state index in [1.54, 1.807) is 19.1 Å². The molecule has 24 heavy (non-hydrogen) atoms. The highest BCUT2D eigenvalue weighted by atomic mass is 35.5. The molecule has 2 aromatic carbocycles. The van der Waals surface area contributed by atoms with E-state index < -0.39 is 15.8 Å². The van der Waals surface area contributed by atoms with Gasteiger partial charge in [-0.1, -0.05) is 11.6 Å². The minimum Gasteiger partial charge on any atom is -0.497 e. The molecule has 0 radical (unpaired) electrons. The molecule has 0 spiro atoms. The van der Waals surface area contributed by atoms with Crippen molar-refractivity contribution in [3.8, 4) is 11.5 Å². The first kappa shape index (κ1) is 18.5. The van der Waals surface area contributed by atoms with Gasteiger partial charge in [0.15, 0.2) is 0 Å². The molecule has 0 atom stereocenters. The molecule has 0 unspecified atom stereocenters. The van der Waals surface area contributed by atoms with Crippen molar-refractivity contribution < 1.29 is 22.3 Å². The van der Waals surface area contributed by atoms with Crippen LogP contribution in [-0.2, 0) is 10.0 Å². The third kappa shape index (κ3) is 4.59. The number of halogens is 2. The summed E-state index contributed by atoms with van der Waals surface area (Å²) in [5.74, 6) is 0.404. The molecule has 0 heterocycles. The van der Waals surface area contributed by atoms with E-state index in [0.29, 0.717) is 11.3 Å². The predicted molar refractivity (Wildman–Crippen MR) is 89.8 cm³/mol. The SMILES string of the molecule is COc1ccc(S(=O)(=O)NCCOc2ccc(F)cc2Cl)c(C)c1. The predicted octanol–water partition coefficient (Wildman–Crippen LogP) is 3.15. The number of benzene rings is 2. The van der Waals surface area contributed by atoms with Gasteiger partial charge in [-0.25, -0.2) is 17.5 Å². The average molecular weight is 374 g/mol. The van der Waals surface area contributed by atoms with Crippen LogP contribution in [0.1, 0.15) is 5.56 Å². The van der Waals surface area contributed by atoms with Gasteiger partial charge in [0.05, 0.1) is 17.0 Å². The van der Waals surface area contributed by atoms with Gasteiger partial charge in [0.2, 0.25) is 10.0 Å². The summed E-state index contributed by atoms with van der Waals surface area (Å²) in [4.78, 5) is 0.170. The summed E-state index contributed by atoms with van der Waals surface area (Å²) in [7, 11) is -2.15. The number of hydrogen-bond donors (Lipinski definition) is 1. The molecule has 2 rings (SSSR count). The molecular formula is C16H17ClFNO4S. The fourth-order valence-electron chi connectivity index (χ4n) is 2.06. The van der Waals surface area contributed by atoms with E-state index in [9.17, 15) is 12.8 Å². The third-order valence-electron chi connectivity index (χ3n) is 3.22. The second-order valence-electron chi connectivity index (χ2n) is 4.95. The van der Waals surface area contributed by atoms with Gasteiger partial charge in [0.25, 0.3) is 0 Å². The summed E-state index contributed by atoms with van der Waals surface area (Å²) in [6.45, 7) is 1.78. The molecule has 0 bridgehead atoms. The summed E-state index contributed by atoms with van der Waals surface area (Å²) in [6.07, 6.45) is 0. The number of ether oxygens (including phenoxy) is 2. The second-order valence-corrected chi connectivity index (χ2v) is 7.09. The van der Waals surface area contributed by atoms with E-state index in [1.807, 2.05) is 0 Å². The van der Waals surface area contributed by atoms with Crippen LogP contribution >= 0.6 is 11.6 Å². The van der Waals surface area contributed by atoms with Crippen LogP contribution in [0.4, 0.5) is 4.39 Å². The molecule has 130 valence electrons. The molecule has 1 N–H and O–H groups in total. The van der Waals surface area contributed by atoms with E-state index in [1.165, 1.54) is 25.3 Å². The van der Waals surface area contributed by atoms with Crippen LogP contribution in [0.2, 0.25) is 5.02 Å². The van der Waals surface area contributed by atoms with Gasteiger partial charge in [0, 0.05) is 6.54 Å². The first-order valence-corrected chi connectivity index (χ1v) is 8.92. The lowest BCUT2D eigenvalue weighted by molar-refractivity contribution is 0.322. The Hall–Kier alpha value is -1.83. The molecule has 0 aromatic heterocycles. The lowest BCUT2D eigenvalue weighted by Crippen LogP contribution is -2.28. The first-order valence-electron chi connectivity index (χ1n) is 7.05. The van der Waals surface area contributed by atoms with Crippen LogP contribution < -0.4 is 14.2 Å². The van der Waals surface area contributed by atoms with Gasteiger partial charge < -0.3 is 9.47 Å². The highest BCUT2D eigenvalue weighted by molar-refractivity contribution is 7.89. The molecule has 0 saturated heterocycles. The third-order valence-corrected chi connectivity index (χ3v) is 5.13. The molecule has 0 aliphatic carbocycles. The molecule has 5 nitrogen and oxygen atoms in total. The first-order chi connectivity index (χ1) is 11.3. The number of hydrogen-bond acceptors (Lipinski definition) is 4. The topological polar surface area (TPSA) is 64.6 Å². The van der Waals surface area contributed by atoms with Crippen molar-refractivity contribution in [2.75, 3.05) is 20.3 Å². The zero-order valence-corrected chi connectivity index (χ0v) is 14.7. The van der Waals surface area contributed by atoms with Crippen molar-refractivity contribution in [3.63, 3.8) is 0 Å². The lowest BCUT2D eigenvalue weighted by Gasteiger charge is -2.12. The summed E-state index contributed by atoms with van der Waals surface area (Å²) >= 11 is 5.83. The van der Waals surface area contributed by atoms with Crippen molar-refractivity contribution in [1.82, 2.24) is 4.72 Å². The van der Waals surface area contributed by atoms with Gasteiger partial charge >= 0.3 is 0 Å². The van der Waals surface area contributed by atoms with Crippen LogP contribution in [0.5, 0.6) is 11.5 Å². The van der Waals surface area contributed by atoms with Gasteiger partial charge in [-0.05, 0) is 48.9 Å². The summed E-state index contributed by atoms with van der Waals surface area (Å²) in [6, 6.07) is 8.43. The van der Waals surface area contributed by atoms with Crippen molar-refractivity contribution in [1.29, 1.82) is 0 Å². The second kappa shape index (κ2) is 7.83. The molecule has 0 aliphatic rings. The molecule has 0 amide bonds. The largest absolute Gasteiger partial charge is 0.497 e. The zero-order valence-electron chi connectivity index (χ0n) is 13.2. The zero-order chi connectivity index (χ0) is 17.7. The quantitative estimate of drug-likeness (QED) is 0.757. The van der Waals surface area contributed by atoms with Crippen molar-refractivity contribution in [2.24, 2.45) is 0 Å². The van der Waals surface area contributed by atoms with Crippen LogP contribution in [0, 0.1) is 12.7 Å². The Labute approximate surface area is 145 Å². The minimum atomic E-state index is -3.67. The number of nitrogens with one attached hydrogen (secondary N) is 1. The Morgan fingerprint density at radius 2 is 1.96 bits per heavy atom. The van der Waals surface area contributed by atoms with Crippen LogP contribution in [-0.4, -0.2) is 28.7 Å². The van der Waals surface area contributed by atoms with E-state index in [2.05, 4.69) is 4.72 Å². The maximum absolute atomic E-state index is 12.9. The Morgan fingerprint density at radius 3 is 2.58 bits per heavy atom. The van der Waals surface area contributed by atoms with Gasteiger partial charge in [-0.15, -0.1) is 0 Å². The highest BCUT2D eigenvalue weighted by Crippen LogP contribution is 2.24. The normalized spacial score (nSPS) is 11.3. The average Bonchev–Trinajstić information content (AvgIpc) is 2.52. The van der Waals surface area contributed by atoms with Gasteiger partial charge in [-0.2, -0.15) is 0 Å². The number of methoxy groups -OCH3 is 1. The highest BCUT2D eigenvalue weighted by Gasteiger charge is 2.16. The standard InChI is InChI=1S/C16H17ClFNO4S/c1-11-9-13(22-2)4-6-16(11)24(20,21)19-7-8-23-15-5-3-12(18)10-14(15)17/h3-6,9-10,19H,7-8H2,1-2H3. The maximum atomic E-state index is 12.9. The summed E-state index contributed by atoms with van der Waals surface area (Å²) < 4.78 is 50.4. The smallest absolute Gasteiger partial charge is 0.240 e. The van der Waals surface area contributed by atoms with Gasteiger partial charge in [0.1, 0.15) is 23.9 Å². The fraction of sp³-hybridized carbons (Fsp3) is 0.250. The molecule has 0 saturated carbocycles. The molecular weight excluding hydrogens is 357 g/mol. The maximum Gasteiger partial charge on any atom is 0.240 e. The van der Waals surface area contributed by atoms with E-state index in [4.69, 9.17) is 21.1 Å². The van der Waals surface area contributed by atoms with E-state index in [0.717, 1.165) is 6.07 Å². The van der Waals surface area contributed by atoms with Crippen molar-refractivity contribution in [3.05, 3.63) is 52.8 Å². The summed E-state index contributed by atoms with van der Waals surface area (Å²) in [5, 5.41) is 0.129. The van der Waals surface area contributed by atoms with Crippen LogP contribution in [0.15, 0.2) is 41.3 Å². The summed E-state index contributed by atoms with van der Waals surface area (Å²) in [5.41, 5.74) is 0.573. The van der Waals surface area contributed by atoms with Crippen molar-refractivity contribution in [2.45, 2.75) is 11.8 Å². The van der Waals surface area contributed by atoms with Gasteiger partial charge in [-0.3, -0.25) is 0 Å². The minimum absolute atomic E-state index is 0.0432. The van der Waals surface area contributed by atoms with E-state index in [-0.39, 0.29) is 28.8 Å². The molecule has 0 aliphatic heterocycles. The van der Waals surface area contributed by atoms with Crippen LogP contribution in [0.3, 0.4) is 0 Å².